The summed E-state index contributed by atoms with van der Waals surface area (Å²) in [5.41, 5.74) is 5.53. The first-order valence-electron chi connectivity index (χ1n) is 5.02. The number of anilines is 1. The van der Waals surface area contributed by atoms with Crippen LogP contribution in [-0.2, 0) is 6.54 Å². The van der Waals surface area contributed by atoms with Crippen LogP contribution in [0.5, 0.6) is 0 Å². The molecular formula is C11H11Cl2N3S. The fourth-order valence-corrected chi connectivity index (χ4v) is 2.77. The third-order valence-corrected chi connectivity index (χ3v) is 3.84. The first kappa shape index (κ1) is 12.6. The number of nitrogen functional groups attached to an aromatic ring is 1. The van der Waals surface area contributed by atoms with Crippen LogP contribution in [0.25, 0.3) is 0 Å². The average molecular weight is 288 g/mol. The van der Waals surface area contributed by atoms with Gasteiger partial charge in [0.05, 0.1) is 11.6 Å². The van der Waals surface area contributed by atoms with Gasteiger partial charge in [-0.25, -0.2) is 0 Å². The quantitative estimate of drug-likeness (QED) is 0.875. The molecule has 0 aliphatic rings. The number of rotatable bonds is 4. The van der Waals surface area contributed by atoms with Crippen LogP contribution in [0.3, 0.4) is 0 Å². The fourth-order valence-electron chi connectivity index (χ4n) is 1.34. The Morgan fingerprint density at radius 1 is 1.29 bits per heavy atom. The van der Waals surface area contributed by atoms with E-state index in [-0.39, 0.29) is 0 Å². The van der Waals surface area contributed by atoms with Gasteiger partial charge in [-0.2, -0.15) is 5.10 Å². The van der Waals surface area contributed by atoms with E-state index in [1.807, 2.05) is 12.3 Å². The molecule has 2 aromatic rings. The van der Waals surface area contributed by atoms with Gasteiger partial charge in [-0.15, -0.1) is 11.8 Å². The zero-order valence-corrected chi connectivity index (χ0v) is 11.3. The van der Waals surface area contributed by atoms with E-state index in [4.69, 9.17) is 28.9 Å². The van der Waals surface area contributed by atoms with Gasteiger partial charge < -0.3 is 5.73 Å². The highest BCUT2D eigenvalue weighted by molar-refractivity contribution is 7.99. The van der Waals surface area contributed by atoms with Gasteiger partial charge in [-0.1, -0.05) is 23.2 Å². The van der Waals surface area contributed by atoms with Crippen molar-refractivity contribution in [1.29, 1.82) is 0 Å². The summed E-state index contributed by atoms with van der Waals surface area (Å²) in [5.74, 6) is 1.40. The summed E-state index contributed by atoms with van der Waals surface area (Å²) in [6.07, 6.45) is 1.86. The third kappa shape index (κ3) is 3.56. The third-order valence-electron chi connectivity index (χ3n) is 2.13. The van der Waals surface area contributed by atoms with Crippen molar-refractivity contribution in [2.24, 2.45) is 0 Å². The molecule has 90 valence electrons. The van der Waals surface area contributed by atoms with Gasteiger partial charge in [0.25, 0.3) is 0 Å². The van der Waals surface area contributed by atoms with E-state index in [0.717, 1.165) is 22.2 Å². The second kappa shape index (κ2) is 5.67. The Balaban J connectivity index is 1.91. The van der Waals surface area contributed by atoms with Crippen LogP contribution in [-0.4, -0.2) is 15.5 Å². The Morgan fingerprint density at radius 3 is 2.82 bits per heavy atom. The predicted molar refractivity (Wildman–Crippen MR) is 73.8 cm³/mol. The molecule has 6 heteroatoms. The lowest BCUT2D eigenvalue weighted by molar-refractivity contribution is 0.669. The molecule has 0 fully saturated rings. The number of benzene rings is 1. The summed E-state index contributed by atoms with van der Waals surface area (Å²) in [4.78, 5) is 0.985. The SMILES string of the molecule is Nc1ccn(CCSc2cc(Cl)ccc2Cl)n1. The van der Waals surface area contributed by atoms with Gasteiger partial charge in [0, 0.05) is 21.9 Å². The molecule has 0 atom stereocenters. The van der Waals surface area contributed by atoms with Crippen LogP contribution in [0.1, 0.15) is 0 Å². The van der Waals surface area contributed by atoms with Crippen LogP contribution in [0.15, 0.2) is 35.4 Å². The summed E-state index contributed by atoms with van der Waals surface area (Å²) >= 11 is 13.6. The summed E-state index contributed by atoms with van der Waals surface area (Å²) in [7, 11) is 0. The van der Waals surface area contributed by atoms with E-state index in [2.05, 4.69) is 5.10 Å². The molecule has 1 aromatic heterocycles. The van der Waals surface area contributed by atoms with Crippen molar-refractivity contribution in [3.05, 3.63) is 40.5 Å². The van der Waals surface area contributed by atoms with Crippen LogP contribution in [0.2, 0.25) is 10.0 Å². The fraction of sp³-hybridized carbons (Fsp3) is 0.182. The largest absolute Gasteiger partial charge is 0.382 e. The van der Waals surface area contributed by atoms with E-state index in [1.165, 1.54) is 0 Å². The molecule has 2 rings (SSSR count). The number of thioether (sulfide) groups is 1. The van der Waals surface area contributed by atoms with Gasteiger partial charge in [-0.05, 0) is 24.3 Å². The molecule has 1 heterocycles. The molecule has 17 heavy (non-hydrogen) atoms. The van der Waals surface area contributed by atoms with Crippen molar-refractivity contribution in [2.75, 3.05) is 11.5 Å². The zero-order valence-electron chi connectivity index (χ0n) is 8.94. The molecule has 0 saturated heterocycles. The molecule has 0 unspecified atom stereocenters. The summed E-state index contributed by atoms with van der Waals surface area (Å²) in [5, 5.41) is 5.52. The first-order valence-corrected chi connectivity index (χ1v) is 6.76. The smallest absolute Gasteiger partial charge is 0.145 e. The minimum atomic E-state index is 0.538. The number of nitrogens with zero attached hydrogens (tertiary/aromatic N) is 2. The second-order valence-corrected chi connectivity index (χ2v) is 5.41. The Kier molecular flexibility index (Phi) is 4.20. The molecule has 0 radical (unpaired) electrons. The molecule has 2 N–H and O–H groups in total. The number of aromatic nitrogens is 2. The number of aryl methyl sites for hydroxylation is 1. The van der Waals surface area contributed by atoms with Gasteiger partial charge in [0.1, 0.15) is 5.82 Å². The summed E-state index contributed by atoms with van der Waals surface area (Å²) in [6, 6.07) is 7.23. The number of nitrogens with two attached hydrogens (primary N) is 1. The first-order chi connectivity index (χ1) is 8.15. The minimum absolute atomic E-state index is 0.538. The lowest BCUT2D eigenvalue weighted by Gasteiger charge is -2.05. The van der Waals surface area contributed by atoms with Crippen LogP contribution < -0.4 is 5.73 Å². The Bertz CT molecular complexity index is 513. The van der Waals surface area contributed by atoms with Crippen LogP contribution in [0, 0.1) is 0 Å². The molecule has 0 aliphatic carbocycles. The zero-order chi connectivity index (χ0) is 12.3. The average Bonchev–Trinajstić information content (AvgIpc) is 2.69. The number of hydrogen-bond donors (Lipinski definition) is 1. The Hall–Kier alpha value is -0.840. The van der Waals surface area contributed by atoms with E-state index >= 15 is 0 Å². The summed E-state index contributed by atoms with van der Waals surface area (Å²) in [6.45, 7) is 0.782. The lowest BCUT2D eigenvalue weighted by Crippen LogP contribution is -2.01. The van der Waals surface area contributed by atoms with Gasteiger partial charge in [-0.3, -0.25) is 4.68 Å². The Labute approximate surface area is 114 Å². The molecule has 3 nitrogen and oxygen atoms in total. The highest BCUT2D eigenvalue weighted by atomic mass is 35.5. The highest BCUT2D eigenvalue weighted by Crippen LogP contribution is 2.29. The van der Waals surface area contributed by atoms with Crippen molar-refractivity contribution in [3.63, 3.8) is 0 Å². The van der Waals surface area contributed by atoms with Crippen molar-refractivity contribution in [1.82, 2.24) is 9.78 Å². The number of halogens is 2. The van der Waals surface area contributed by atoms with Crippen LogP contribution in [0.4, 0.5) is 5.82 Å². The second-order valence-electron chi connectivity index (χ2n) is 3.43. The maximum absolute atomic E-state index is 6.06. The van der Waals surface area contributed by atoms with Gasteiger partial charge >= 0.3 is 0 Å². The standard InChI is InChI=1S/C11H11Cl2N3S/c12-8-1-2-9(13)10(7-8)17-6-5-16-4-3-11(14)15-16/h1-4,7H,5-6H2,(H2,14,15). The molecule has 1 aromatic carbocycles. The number of hydrogen-bond acceptors (Lipinski definition) is 3. The van der Waals surface area contributed by atoms with Gasteiger partial charge in [0.2, 0.25) is 0 Å². The molecule has 0 spiro atoms. The topological polar surface area (TPSA) is 43.8 Å². The normalized spacial score (nSPS) is 10.7. The maximum atomic E-state index is 6.06. The molecule has 0 bridgehead atoms. The van der Waals surface area contributed by atoms with E-state index in [9.17, 15) is 0 Å². The maximum Gasteiger partial charge on any atom is 0.145 e. The molecule has 0 amide bonds. The highest BCUT2D eigenvalue weighted by Gasteiger charge is 2.02. The molecular weight excluding hydrogens is 277 g/mol. The van der Waals surface area contributed by atoms with Crippen molar-refractivity contribution >= 4 is 40.8 Å². The molecule has 0 aliphatic heterocycles. The van der Waals surface area contributed by atoms with Crippen molar-refractivity contribution in [2.45, 2.75) is 11.4 Å². The monoisotopic (exact) mass is 287 g/mol. The molecule has 0 saturated carbocycles. The predicted octanol–water partition coefficient (Wildman–Crippen LogP) is 3.56. The van der Waals surface area contributed by atoms with Gasteiger partial charge in [0.15, 0.2) is 0 Å². The van der Waals surface area contributed by atoms with E-state index in [1.54, 1.807) is 34.6 Å². The van der Waals surface area contributed by atoms with Crippen molar-refractivity contribution in [3.8, 4) is 0 Å². The summed E-state index contributed by atoms with van der Waals surface area (Å²) < 4.78 is 1.81. The van der Waals surface area contributed by atoms with E-state index < -0.39 is 0 Å². The van der Waals surface area contributed by atoms with E-state index in [0.29, 0.717) is 10.8 Å². The lowest BCUT2D eigenvalue weighted by atomic mass is 10.4. The Morgan fingerprint density at radius 2 is 2.12 bits per heavy atom. The van der Waals surface area contributed by atoms with Crippen molar-refractivity contribution < 1.29 is 0 Å². The van der Waals surface area contributed by atoms with Crippen LogP contribution >= 0.6 is 35.0 Å². The minimum Gasteiger partial charge on any atom is -0.382 e.